The second kappa shape index (κ2) is 7.50. The van der Waals surface area contributed by atoms with Gasteiger partial charge in [0.15, 0.2) is 0 Å². The topological polar surface area (TPSA) is 66.8 Å². The summed E-state index contributed by atoms with van der Waals surface area (Å²) in [6.07, 6.45) is 1.58. The maximum atomic E-state index is 10.7. The average Bonchev–Trinajstić information content (AvgIpc) is 2.01. The van der Waals surface area contributed by atoms with Crippen molar-refractivity contribution in [2.24, 2.45) is 0 Å². The highest BCUT2D eigenvalue weighted by molar-refractivity contribution is 5.69. The van der Waals surface area contributed by atoms with Crippen LogP contribution in [0.2, 0.25) is 0 Å². The molecular weight excluding hydrogens is 148 g/mol. The summed E-state index contributed by atoms with van der Waals surface area (Å²) in [5.41, 5.74) is 0. The number of esters is 1. The van der Waals surface area contributed by atoms with E-state index in [2.05, 4.69) is 4.74 Å². The third kappa shape index (κ3) is 7.29. The third-order valence-electron chi connectivity index (χ3n) is 1.14. The average molecular weight is 162 g/mol. The minimum atomic E-state index is -0.312. The maximum absolute atomic E-state index is 10.7. The largest absolute Gasteiger partial charge is 0.463 e. The summed E-state index contributed by atoms with van der Waals surface area (Å²) in [7, 11) is 0. The highest BCUT2D eigenvalue weighted by atomic mass is 16.5. The SMILES string of the molecule is O=C(CCCCO)OCCO. The number of unbranched alkanes of at least 4 members (excludes halogenated alkanes) is 1. The van der Waals surface area contributed by atoms with Gasteiger partial charge in [-0.25, -0.2) is 0 Å². The van der Waals surface area contributed by atoms with Gasteiger partial charge >= 0.3 is 5.97 Å². The van der Waals surface area contributed by atoms with Gasteiger partial charge in [-0.2, -0.15) is 0 Å². The highest BCUT2D eigenvalue weighted by Crippen LogP contribution is 1.95. The van der Waals surface area contributed by atoms with Gasteiger partial charge in [-0.05, 0) is 12.8 Å². The molecule has 0 saturated heterocycles. The van der Waals surface area contributed by atoms with Crippen molar-refractivity contribution in [3.63, 3.8) is 0 Å². The van der Waals surface area contributed by atoms with Crippen LogP contribution in [-0.4, -0.2) is 36.0 Å². The summed E-state index contributed by atoms with van der Waals surface area (Å²) in [5.74, 6) is -0.312. The number of rotatable bonds is 6. The molecule has 0 saturated carbocycles. The van der Waals surface area contributed by atoms with Crippen LogP contribution in [0.25, 0.3) is 0 Å². The lowest BCUT2D eigenvalue weighted by atomic mass is 10.2. The van der Waals surface area contributed by atoms with E-state index in [4.69, 9.17) is 10.2 Å². The van der Waals surface area contributed by atoms with Crippen LogP contribution >= 0.6 is 0 Å². The Kier molecular flexibility index (Phi) is 7.08. The molecule has 66 valence electrons. The van der Waals surface area contributed by atoms with Gasteiger partial charge in [-0.1, -0.05) is 0 Å². The molecule has 2 N–H and O–H groups in total. The maximum Gasteiger partial charge on any atom is 0.305 e. The molecule has 0 fully saturated rings. The minimum Gasteiger partial charge on any atom is -0.463 e. The molecule has 0 aliphatic rings. The summed E-state index contributed by atoms with van der Waals surface area (Å²) >= 11 is 0. The first-order valence-electron chi connectivity index (χ1n) is 3.68. The Morgan fingerprint density at radius 3 is 2.45 bits per heavy atom. The quantitative estimate of drug-likeness (QED) is 0.415. The Bertz CT molecular complexity index is 103. The van der Waals surface area contributed by atoms with Crippen molar-refractivity contribution < 1.29 is 19.7 Å². The van der Waals surface area contributed by atoms with Crippen LogP contribution in [-0.2, 0) is 9.53 Å². The monoisotopic (exact) mass is 162 g/mol. The van der Waals surface area contributed by atoms with E-state index in [0.29, 0.717) is 19.3 Å². The molecule has 0 aliphatic carbocycles. The number of carbonyl (C=O) groups excluding carboxylic acids is 1. The molecule has 4 heteroatoms. The predicted octanol–water partition coefficient (Wildman–Crippen LogP) is -0.316. The van der Waals surface area contributed by atoms with Crippen molar-refractivity contribution in [2.45, 2.75) is 19.3 Å². The van der Waals surface area contributed by atoms with E-state index in [0.717, 1.165) is 0 Å². The van der Waals surface area contributed by atoms with Gasteiger partial charge in [0.1, 0.15) is 6.61 Å². The standard InChI is InChI=1S/C7H14O4/c8-4-2-1-3-7(10)11-6-5-9/h8-9H,1-6H2. The lowest BCUT2D eigenvalue weighted by molar-refractivity contribution is -0.144. The van der Waals surface area contributed by atoms with Crippen LogP contribution in [0.15, 0.2) is 0 Å². The Labute approximate surface area is 65.8 Å². The smallest absolute Gasteiger partial charge is 0.305 e. The molecule has 0 spiro atoms. The summed E-state index contributed by atoms with van der Waals surface area (Å²) in [6, 6.07) is 0. The van der Waals surface area contributed by atoms with Crippen LogP contribution in [0, 0.1) is 0 Å². The third-order valence-corrected chi connectivity index (χ3v) is 1.14. The van der Waals surface area contributed by atoms with Gasteiger partial charge in [-0.3, -0.25) is 4.79 Å². The van der Waals surface area contributed by atoms with Crippen LogP contribution < -0.4 is 0 Å². The molecule has 0 bridgehead atoms. The molecule has 0 rings (SSSR count). The summed E-state index contributed by atoms with van der Waals surface area (Å²) < 4.78 is 4.57. The zero-order valence-corrected chi connectivity index (χ0v) is 6.45. The first kappa shape index (κ1) is 10.4. The Hall–Kier alpha value is -0.610. The predicted molar refractivity (Wildman–Crippen MR) is 39.0 cm³/mol. The lowest BCUT2D eigenvalue weighted by Crippen LogP contribution is -2.08. The van der Waals surface area contributed by atoms with Crippen molar-refractivity contribution in [1.29, 1.82) is 0 Å². The van der Waals surface area contributed by atoms with E-state index in [1.165, 1.54) is 0 Å². The zero-order valence-electron chi connectivity index (χ0n) is 6.45. The molecule has 0 aromatic carbocycles. The van der Waals surface area contributed by atoms with Gasteiger partial charge in [-0.15, -0.1) is 0 Å². The second-order valence-corrected chi connectivity index (χ2v) is 2.12. The van der Waals surface area contributed by atoms with Crippen molar-refractivity contribution in [1.82, 2.24) is 0 Å². The van der Waals surface area contributed by atoms with Crippen LogP contribution in [0.1, 0.15) is 19.3 Å². The molecule has 0 atom stereocenters. The first-order valence-corrected chi connectivity index (χ1v) is 3.68. The van der Waals surface area contributed by atoms with E-state index < -0.39 is 0 Å². The number of carbonyl (C=O) groups is 1. The highest BCUT2D eigenvalue weighted by Gasteiger charge is 2.00. The van der Waals surface area contributed by atoms with Crippen LogP contribution in [0.5, 0.6) is 0 Å². The summed E-state index contributed by atoms with van der Waals surface area (Å²) in [6.45, 7) is 0.0387. The number of hydrogen-bond donors (Lipinski definition) is 2. The molecule has 0 aromatic rings. The van der Waals surface area contributed by atoms with Gasteiger partial charge < -0.3 is 14.9 Å². The first-order chi connectivity index (χ1) is 5.31. The number of hydrogen-bond acceptors (Lipinski definition) is 4. The molecule has 0 amide bonds. The van der Waals surface area contributed by atoms with Gasteiger partial charge in [0.2, 0.25) is 0 Å². The van der Waals surface area contributed by atoms with Crippen molar-refractivity contribution in [3.8, 4) is 0 Å². The van der Waals surface area contributed by atoms with E-state index in [1.54, 1.807) is 0 Å². The van der Waals surface area contributed by atoms with Gasteiger partial charge in [0.05, 0.1) is 6.61 Å². The second-order valence-electron chi connectivity index (χ2n) is 2.12. The van der Waals surface area contributed by atoms with Crippen LogP contribution in [0.3, 0.4) is 0 Å². The van der Waals surface area contributed by atoms with E-state index >= 15 is 0 Å². The molecule has 0 heterocycles. The Morgan fingerprint density at radius 2 is 1.91 bits per heavy atom. The van der Waals surface area contributed by atoms with Crippen molar-refractivity contribution in [2.75, 3.05) is 19.8 Å². The number of ether oxygens (including phenoxy) is 1. The van der Waals surface area contributed by atoms with Crippen molar-refractivity contribution in [3.05, 3.63) is 0 Å². The molecule has 0 aromatic heterocycles. The Morgan fingerprint density at radius 1 is 1.18 bits per heavy atom. The molecule has 4 nitrogen and oxygen atoms in total. The molecular formula is C7H14O4. The van der Waals surface area contributed by atoms with Crippen molar-refractivity contribution >= 4 is 5.97 Å². The summed E-state index contributed by atoms with van der Waals surface area (Å²) in [4.78, 5) is 10.7. The number of aliphatic hydroxyl groups is 2. The summed E-state index contributed by atoms with van der Waals surface area (Å²) in [5, 5.41) is 16.6. The lowest BCUT2D eigenvalue weighted by Gasteiger charge is -2.00. The molecule has 0 unspecified atom stereocenters. The van der Waals surface area contributed by atoms with E-state index in [-0.39, 0.29) is 25.8 Å². The molecule has 0 aliphatic heterocycles. The molecule has 0 radical (unpaired) electrons. The fourth-order valence-corrected chi connectivity index (χ4v) is 0.613. The number of aliphatic hydroxyl groups excluding tert-OH is 2. The Balaban J connectivity index is 3.09. The zero-order chi connectivity index (χ0) is 8.53. The van der Waals surface area contributed by atoms with Gasteiger partial charge in [0, 0.05) is 13.0 Å². The molecule has 11 heavy (non-hydrogen) atoms. The normalized spacial score (nSPS) is 9.64. The van der Waals surface area contributed by atoms with E-state index in [9.17, 15) is 4.79 Å². The van der Waals surface area contributed by atoms with Gasteiger partial charge in [0.25, 0.3) is 0 Å². The fraction of sp³-hybridized carbons (Fsp3) is 0.857. The minimum absolute atomic E-state index is 0.0674. The fourth-order valence-electron chi connectivity index (χ4n) is 0.613. The van der Waals surface area contributed by atoms with Crippen LogP contribution in [0.4, 0.5) is 0 Å². The van der Waals surface area contributed by atoms with E-state index in [1.807, 2.05) is 0 Å².